The van der Waals surface area contributed by atoms with Gasteiger partial charge in [0, 0.05) is 0 Å². The summed E-state index contributed by atoms with van der Waals surface area (Å²) in [5.41, 5.74) is 6.75. The highest BCUT2D eigenvalue weighted by molar-refractivity contribution is 7.99. The summed E-state index contributed by atoms with van der Waals surface area (Å²) in [6, 6.07) is 0. The van der Waals surface area contributed by atoms with Gasteiger partial charge in [-0.15, -0.1) is 0 Å². The summed E-state index contributed by atoms with van der Waals surface area (Å²) >= 11 is 1.92. The Balaban J connectivity index is 1.55. The summed E-state index contributed by atoms with van der Waals surface area (Å²) in [7, 11) is 0. The van der Waals surface area contributed by atoms with E-state index in [1.807, 2.05) is 11.8 Å². The van der Waals surface area contributed by atoms with Gasteiger partial charge in [0.25, 0.3) is 5.89 Å². The first-order valence-corrected chi connectivity index (χ1v) is 8.59. The molecule has 0 bridgehead atoms. The molecule has 7 heteroatoms. The zero-order valence-corrected chi connectivity index (χ0v) is 12.7. The van der Waals surface area contributed by atoms with E-state index in [0.29, 0.717) is 11.1 Å². The largest absolute Gasteiger partial charge is 0.336 e. The van der Waals surface area contributed by atoms with Crippen LogP contribution in [0.25, 0.3) is 11.6 Å². The van der Waals surface area contributed by atoms with E-state index in [2.05, 4.69) is 20.1 Å². The van der Waals surface area contributed by atoms with Crippen LogP contribution in [0.15, 0.2) is 10.7 Å². The minimum Gasteiger partial charge on any atom is -0.336 e. The number of imidazole rings is 1. The van der Waals surface area contributed by atoms with E-state index in [-0.39, 0.29) is 5.54 Å². The third-order valence-electron chi connectivity index (χ3n) is 4.43. The lowest BCUT2D eigenvalue weighted by atomic mass is 9.77. The predicted molar refractivity (Wildman–Crippen MR) is 80.6 cm³/mol. The predicted octanol–water partition coefficient (Wildman–Crippen LogP) is 2.76. The van der Waals surface area contributed by atoms with Crippen molar-refractivity contribution in [3.05, 3.63) is 17.8 Å². The van der Waals surface area contributed by atoms with E-state index in [0.717, 1.165) is 43.0 Å². The van der Waals surface area contributed by atoms with Crippen LogP contribution in [0, 0.1) is 0 Å². The summed E-state index contributed by atoms with van der Waals surface area (Å²) in [5.74, 6) is 3.32. The number of thioether (sulfide) groups is 1. The molecule has 1 unspecified atom stereocenters. The van der Waals surface area contributed by atoms with Crippen LogP contribution < -0.4 is 5.73 Å². The number of nitrogens with two attached hydrogens (primary N) is 1. The van der Waals surface area contributed by atoms with Gasteiger partial charge in [0.1, 0.15) is 11.5 Å². The zero-order valence-electron chi connectivity index (χ0n) is 11.8. The maximum absolute atomic E-state index is 6.27. The van der Waals surface area contributed by atoms with Crippen LogP contribution in [-0.2, 0) is 5.54 Å². The van der Waals surface area contributed by atoms with Gasteiger partial charge in [0.15, 0.2) is 5.82 Å². The molecule has 1 aliphatic carbocycles. The molecule has 1 saturated heterocycles. The van der Waals surface area contributed by atoms with E-state index in [1.54, 1.807) is 6.20 Å². The SMILES string of the molecule is NC1(c2ncc(-c3nc(C4CCCCS4)no3)[nH]2)CCC1. The first-order valence-electron chi connectivity index (χ1n) is 7.55. The van der Waals surface area contributed by atoms with Crippen molar-refractivity contribution >= 4 is 11.8 Å². The molecule has 2 aliphatic rings. The zero-order chi connectivity index (χ0) is 14.3. The van der Waals surface area contributed by atoms with Crippen LogP contribution in [0.3, 0.4) is 0 Å². The van der Waals surface area contributed by atoms with Gasteiger partial charge in [0.2, 0.25) is 0 Å². The maximum Gasteiger partial charge on any atom is 0.276 e. The number of nitrogens with one attached hydrogen (secondary N) is 1. The summed E-state index contributed by atoms with van der Waals surface area (Å²) < 4.78 is 5.40. The molecule has 0 aromatic carbocycles. The normalized spacial score (nSPS) is 24.7. The van der Waals surface area contributed by atoms with Crippen molar-refractivity contribution in [1.29, 1.82) is 0 Å². The highest BCUT2D eigenvalue weighted by atomic mass is 32.2. The average Bonchev–Trinajstić information content (AvgIpc) is 3.14. The Morgan fingerprint density at radius 1 is 1.33 bits per heavy atom. The molecule has 2 fully saturated rings. The molecule has 6 nitrogen and oxygen atoms in total. The fourth-order valence-corrected chi connectivity index (χ4v) is 4.13. The highest BCUT2D eigenvalue weighted by Gasteiger charge is 2.37. The third kappa shape index (κ3) is 2.38. The lowest BCUT2D eigenvalue weighted by Crippen LogP contribution is -2.44. The van der Waals surface area contributed by atoms with Gasteiger partial charge < -0.3 is 15.2 Å². The minimum atomic E-state index is -0.291. The second-order valence-corrected chi connectivity index (χ2v) is 7.28. The molecular formula is C14H19N5OS. The van der Waals surface area contributed by atoms with Gasteiger partial charge in [-0.25, -0.2) is 4.98 Å². The van der Waals surface area contributed by atoms with Gasteiger partial charge >= 0.3 is 0 Å². The second kappa shape index (κ2) is 5.14. The first-order chi connectivity index (χ1) is 10.2. The van der Waals surface area contributed by atoms with Crippen LogP contribution in [0.2, 0.25) is 0 Å². The van der Waals surface area contributed by atoms with E-state index >= 15 is 0 Å². The monoisotopic (exact) mass is 305 g/mol. The first kappa shape index (κ1) is 13.3. The molecule has 0 amide bonds. The number of aromatic amines is 1. The Morgan fingerprint density at radius 2 is 2.24 bits per heavy atom. The van der Waals surface area contributed by atoms with E-state index in [1.165, 1.54) is 18.6 Å². The topological polar surface area (TPSA) is 93.6 Å². The molecule has 21 heavy (non-hydrogen) atoms. The highest BCUT2D eigenvalue weighted by Crippen LogP contribution is 2.39. The van der Waals surface area contributed by atoms with Crippen molar-refractivity contribution in [2.45, 2.75) is 49.3 Å². The summed E-state index contributed by atoms with van der Waals surface area (Å²) in [6.07, 6.45) is 8.52. The van der Waals surface area contributed by atoms with Crippen molar-refractivity contribution in [2.24, 2.45) is 5.73 Å². The quantitative estimate of drug-likeness (QED) is 0.905. The van der Waals surface area contributed by atoms with Gasteiger partial charge in [-0.3, -0.25) is 0 Å². The number of nitrogens with zero attached hydrogens (tertiary/aromatic N) is 3. The van der Waals surface area contributed by atoms with Gasteiger partial charge in [-0.05, 0) is 37.9 Å². The Kier molecular flexibility index (Phi) is 3.26. The van der Waals surface area contributed by atoms with Gasteiger partial charge in [0.05, 0.1) is 17.0 Å². The fourth-order valence-electron chi connectivity index (χ4n) is 2.90. The lowest BCUT2D eigenvalue weighted by molar-refractivity contribution is 0.240. The molecule has 3 N–H and O–H groups in total. The Labute approximate surface area is 127 Å². The van der Waals surface area contributed by atoms with Crippen molar-refractivity contribution in [2.75, 3.05) is 5.75 Å². The minimum absolute atomic E-state index is 0.291. The second-order valence-electron chi connectivity index (χ2n) is 5.97. The van der Waals surface area contributed by atoms with Crippen LogP contribution in [0.4, 0.5) is 0 Å². The molecule has 112 valence electrons. The average molecular weight is 305 g/mol. The maximum atomic E-state index is 6.27. The third-order valence-corrected chi connectivity index (χ3v) is 5.81. The number of hydrogen-bond donors (Lipinski definition) is 2. The van der Waals surface area contributed by atoms with E-state index in [4.69, 9.17) is 10.3 Å². The van der Waals surface area contributed by atoms with Crippen LogP contribution in [0.5, 0.6) is 0 Å². The molecule has 1 atom stereocenters. The standard InChI is InChI=1S/C14H19N5OS/c15-14(5-3-6-14)13-16-8-9(17-13)12-18-11(19-20-12)10-4-1-2-7-21-10/h8,10H,1-7,15H2,(H,16,17). The summed E-state index contributed by atoms with van der Waals surface area (Å²) in [5, 5.41) is 4.50. The molecule has 2 aromatic heterocycles. The molecule has 2 aromatic rings. The number of H-pyrrole nitrogens is 1. The van der Waals surface area contributed by atoms with Crippen LogP contribution in [0.1, 0.15) is 55.4 Å². The van der Waals surface area contributed by atoms with Crippen molar-refractivity contribution in [1.82, 2.24) is 20.1 Å². The Morgan fingerprint density at radius 3 is 2.95 bits per heavy atom. The van der Waals surface area contributed by atoms with Crippen LogP contribution >= 0.6 is 11.8 Å². The van der Waals surface area contributed by atoms with Crippen LogP contribution in [-0.4, -0.2) is 25.9 Å². The number of hydrogen-bond acceptors (Lipinski definition) is 6. The molecule has 1 aliphatic heterocycles. The van der Waals surface area contributed by atoms with Crippen molar-refractivity contribution in [3.63, 3.8) is 0 Å². The van der Waals surface area contributed by atoms with Crippen molar-refractivity contribution < 1.29 is 4.52 Å². The smallest absolute Gasteiger partial charge is 0.276 e. The van der Waals surface area contributed by atoms with E-state index in [9.17, 15) is 0 Å². The molecule has 3 heterocycles. The summed E-state index contributed by atoms with van der Waals surface area (Å²) in [4.78, 5) is 12.2. The number of rotatable bonds is 3. The fraction of sp³-hybridized carbons (Fsp3) is 0.643. The Bertz CT molecular complexity index is 627. The molecule has 1 saturated carbocycles. The molecule has 4 rings (SSSR count). The van der Waals surface area contributed by atoms with Crippen molar-refractivity contribution in [3.8, 4) is 11.6 Å². The molecule has 0 spiro atoms. The lowest BCUT2D eigenvalue weighted by Gasteiger charge is -2.35. The number of aromatic nitrogens is 4. The van der Waals surface area contributed by atoms with Gasteiger partial charge in [-0.1, -0.05) is 11.6 Å². The summed E-state index contributed by atoms with van der Waals surface area (Å²) in [6.45, 7) is 0. The Hall–Kier alpha value is -1.34. The molecule has 0 radical (unpaired) electrons. The molecular weight excluding hydrogens is 286 g/mol. The van der Waals surface area contributed by atoms with E-state index < -0.39 is 0 Å². The van der Waals surface area contributed by atoms with Gasteiger partial charge in [-0.2, -0.15) is 16.7 Å².